The molecule has 0 heterocycles. The molecular formula is C15H12BrIO. The fourth-order valence-corrected chi connectivity index (χ4v) is 2.39. The van der Waals surface area contributed by atoms with Gasteiger partial charge in [0.1, 0.15) is 0 Å². The van der Waals surface area contributed by atoms with Gasteiger partial charge in [-0.2, -0.15) is 0 Å². The van der Waals surface area contributed by atoms with E-state index in [9.17, 15) is 4.79 Å². The zero-order chi connectivity index (χ0) is 13.1. The maximum absolute atomic E-state index is 12.1. The van der Waals surface area contributed by atoms with E-state index in [4.69, 9.17) is 0 Å². The van der Waals surface area contributed by atoms with Crippen molar-refractivity contribution in [2.24, 2.45) is 0 Å². The molecule has 1 nitrogen and oxygen atoms in total. The van der Waals surface area contributed by atoms with Crippen LogP contribution in [-0.2, 0) is 6.42 Å². The summed E-state index contributed by atoms with van der Waals surface area (Å²) in [4.78, 5) is 12.1. The molecule has 0 fully saturated rings. The zero-order valence-corrected chi connectivity index (χ0v) is 13.7. The van der Waals surface area contributed by atoms with Crippen LogP contribution < -0.4 is 0 Å². The number of hydrogen-bond acceptors (Lipinski definition) is 1. The standard InChI is InChI=1S/C15H12BrIO/c1-10-2-5-12(9-14(10)16)15(18)8-11-3-6-13(17)7-4-11/h2-7,9H,8H2,1H3. The number of carbonyl (C=O) groups is 1. The molecule has 3 heteroatoms. The monoisotopic (exact) mass is 414 g/mol. The molecule has 18 heavy (non-hydrogen) atoms. The Hall–Kier alpha value is -0.680. The first-order valence-corrected chi connectivity index (χ1v) is 7.47. The molecule has 2 aromatic rings. The lowest BCUT2D eigenvalue weighted by molar-refractivity contribution is 0.0993. The number of benzene rings is 2. The van der Waals surface area contributed by atoms with E-state index in [1.54, 1.807) is 0 Å². The van der Waals surface area contributed by atoms with Gasteiger partial charge in [0, 0.05) is 20.0 Å². The van der Waals surface area contributed by atoms with E-state index in [0.717, 1.165) is 21.2 Å². The molecule has 0 atom stereocenters. The molecule has 2 rings (SSSR count). The van der Waals surface area contributed by atoms with Crippen LogP contribution in [0.3, 0.4) is 0 Å². The van der Waals surface area contributed by atoms with Crippen molar-refractivity contribution >= 4 is 44.3 Å². The predicted octanol–water partition coefficient (Wildman–Crippen LogP) is 4.79. The molecule has 0 aliphatic carbocycles. The van der Waals surface area contributed by atoms with E-state index in [1.165, 1.54) is 3.57 Å². The summed E-state index contributed by atoms with van der Waals surface area (Å²) in [5.41, 5.74) is 2.95. The number of halogens is 2. The quantitative estimate of drug-likeness (QED) is 0.521. The van der Waals surface area contributed by atoms with Crippen molar-refractivity contribution in [1.29, 1.82) is 0 Å². The van der Waals surface area contributed by atoms with E-state index >= 15 is 0 Å². The fourth-order valence-electron chi connectivity index (χ4n) is 1.66. The number of ketones is 1. The summed E-state index contributed by atoms with van der Waals surface area (Å²) in [5.74, 6) is 0.150. The summed E-state index contributed by atoms with van der Waals surface area (Å²) in [6.45, 7) is 2.01. The minimum absolute atomic E-state index is 0.150. The first-order chi connectivity index (χ1) is 8.56. The third kappa shape index (κ3) is 3.42. The van der Waals surface area contributed by atoms with Crippen molar-refractivity contribution in [2.45, 2.75) is 13.3 Å². The smallest absolute Gasteiger partial charge is 0.167 e. The van der Waals surface area contributed by atoms with Crippen LogP contribution in [-0.4, -0.2) is 5.78 Å². The Morgan fingerprint density at radius 3 is 2.44 bits per heavy atom. The highest BCUT2D eigenvalue weighted by Gasteiger charge is 2.08. The van der Waals surface area contributed by atoms with E-state index in [2.05, 4.69) is 38.5 Å². The second-order valence-electron chi connectivity index (χ2n) is 4.19. The first-order valence-electron chi connectivity index (χ1n) is 5.60. The normalized spacial score (nSPS) is 10.4. The van der Waals surface area contributed by atoms with E-state index in [0.29, 0.717) is 6.42 Å². The van der Waals surface area contributed by atoms with Gasteiger partial charge in [-0.15, -0.1) is 0 Å². The van der Waals surface area contributed by atoms with Crippen LogP contribution in [0.1, 0.15) is 21.5 Å². The summed E-state index contributed by atoms with van der Waals surface area (Å²) < 4.78 is 2.16. The predicted molar refractivity (Wildman–Crippen MR) is 86.1 cm³/mol. The maximum atomic E-state index is 12.1. The average molecular weight is 415 g/mol. The molecule has 0 saturated carbocycles. The Kier molecular flexibility index (Phi) is 4.56. The molecular weight excluding hydrogens is 403 g/mol. The third-order valence-electron chi connectivity index (χ3n) is 2.77. The molecule has 92 valence electrons. The topological polar surface area (TPSA) is 17.1 Å². The third-order valence-corrected chi connectivity index (χ3v) is 4.35. The van der Waals surface area contributed by atoms with E-state index in [1.807, 2.05) is 49.4 Å². The van der Waals surface area contributed by atoms with Gasteiger partial charge in [-0.05, 0) is 58.8 Å². The van der Waals surface area contributed by atoms with Gasteiger partial charge < -0.3 is 0 Å². The maximum Gasteiger partial charge on any atom is 0.167 e. The summed E-state index contributed by atoms with van der Waals surface area (Å²) in [5, 5.41) is 0. The van der Waals surface area contributed by atoms with E-state index < -0.39 is 0 Å². The van der Waals surface area contributed by atoms with Crippen molar-refractivity contribution in [3.63, 3.8) is 0 Å². The highest BCUT2D eigenvalue weighted by atomic mass is 127. The van der Waals surface area contributed by atoms with Crippen LogP contribution in [0.25, 0.3) is 0 Å². The molecule has 0 N–H and O–H groups in total. The molecule has 0 radical (unpaired) electrons. The molecule has 0 amide bonds. The number of rotatable bonds is 3. The van der Waals surface area contributed by atoms with Crippen molar-refractivity contribution in [1.82, 2.24) is 0 Å². The zero-order valence-electron chi connectivity index (χ0n) is 9.91. The van der Waals surface area contributed by atoms with Gasteiger partial charge in [0.05, 0.1) is 0 Å². The highest BCUT2D eigenvalue weighted by Crippen LogP contribution is 2.19. The summed E-state index contributed by atoms with van der Waals surface area (Å²) in [6.07, 6.45) is 0.451. The first kappa shape index (κ1) is 13.7. The Morgan fingerprint density at radius 2 is 1.83 bits per heavy atom. The summed E-state index contributed by atoms with van der Waals surface area (Å²) in [7, 11) is 0. The summed E-state index contributed by atoms with van der Waals surface area (Å²) in [6, 6.07) is 13.8. The fraction of sp³-hybridized carbons (Fsp3) is 0.133. The molecule has 0 aliphatic rings. The van der Waals surface area contributed by atoms with Gasteiger partial charge in [0.2, 0.25) is 0 Å². The molecule has 0 aliphatic heterocycles. The van der Waals surface area contributed by atoms with Gasteiger partial charge in [0.25, 0.3) is 0 Å². The van der Waals surface area contributed by atoms with Crippen molar-refractivity contribution < 1.29 is 4.79 Å². The van der Waals surface area contributed by atoms with Crippen molar-refractivity contribution in [2.75, 3.05) is 0 Å². The number of Topliss-reactive ketones (excluding diaryl/α,β-unsaturated/α-hetero) is 1. The Labute approximate surface area is 129 Å². The van der Waals surface area contributed by atoms with Crippen LogP contribution in [0.5, 0.6) is 0 Å². The molecule has 0 spiro atoms. The Morgan fingerprint density at radius 1 is 1.17 bits per heavy atom. The Bertz CT molecular complexity index is 576. The largest absolute Gasteiger partial charge is 0.294 e. The van der Waals surface area contributed by atoms with Gasteiger partial charge in [-0.3, -0.25) is 4.79 Å². The number of aryl methyl sites for hydroxylation is 1. The lowest BCUT2D eigenvalue weighted by Crippen LogP contribution is -2.03. The average Bonchev–Trinajstić information content (AvgIpc) is 2.35. The lowest BCUT2D eigenvalue weighted by Gasteiger charge is -2.04. The van der Waals surface area contributed by atoms with Crippen LogP contribution in [0.2, 0.25) is 0 Å². The second-order valence-corrected chi connectivity index (χ2v) is 6.29. The van der Waals surface area contributed by atoms with Crippen molar-refractivity contribution in [3.05, 3.63) is 67.2 Å². The molecule has 0 bridgehead atoms. The van der Waals surface area contributed by atoms with Gasteiger partial charge in [-0.25, -0.2) is 0 Å². The molecule has 0 aromatic heterocycles. The van der Waals surface area contributed by atoms with Gasteiger partial charge in [0.15, 0.2) is 5.78 Å². The van der Waals surface area contributed by atoms with Crippen LogP contribution in [0, 0.1) is 10.5 Å². The van der Waals surface area contributed by atoms with E-state index in [-0.39, 0.29) is 5.78 Å². The minimum atomic E-state index is 0.150. The van der Waals surface area contributed by atoms with Crippen molar-refractivity contribution in [3.8, 4) is 0 Å². The Balaban J connectivity index is 2.16. The highest BCUT2D eigenvalue weighted by molar-refractivity contribution is 14.1. The molecule has 0 unspecified atom stereocenters. The van der Waals surface area contributed by atoms with Gasteiger partial charge in [-0.1, -0.05) is 40.2 Å². The van der Waals surface area contributed by atoms with Crippen LogP contribution in [0.4, 0.5) is 0 Å². The minimum Gasteiger partial charge on any atom is -0.294 e. The van der Waals surface area contributed by atoms with Crippen LogP contribution in [0.15, 0.2) is 46.9 Å². The molecule has 0 saturated heterocycles. The summed E-state index contributed by atoms with van der Waals surface area (Å²) >= 11 is 5.71. The van der Waals surface area contributed by atoms with Gasteiger partial charge >= 0.3 is 0 Å². The number of carbonyl (C=O) groups excluding carboxylic acids is 1. The lowest BCUT2D eigenvalue weighted by atomic mass is 10.0. The second kappa shape index (κ2) is 5.97. The van der Waals surface area contributed by atoms with Crippen LogP contribution >= 0.6 is 38.5 Å². The SMILES string of the molecule is Cc1ccc(C(=O)Cc2ccc(I)cc2)cc1Br. The number of hydrogen-bond donors (Lipinski definition) is 0. The molecule has 2 aromatic carbocycles.